The standard InChI is InChI=1S/C16H26FN3/c1-4-13-11-19(3)9-6-10-20(13)15-8-5-7-14(17)16(15)12(2)18/h5,7-8,12-13H,4,6,9-11,18H2,1-3H3/t12-,13?/m1/s1. The second-order valence-corrected chi connectivity index (χ2v) is 5.83. The highest BCUT2D eigenvalue weighted by Crippen LogP contribution is 2.31. The number of anilines is 1. The molecule has 4 heteroatoms. The van der Waals surface area contributed by atoms with Gasteiger partial charge in [-0.25, -0.2) is 4.39 Å². The third-order valence-electron chi connectivity index (χ3n) is 4.17. The van der Waals surface area contributed by atoms with Crippen LogP contribution >= 0.6 is 0 Å². The van der Waals surface area contributed by atoms with Gasteiger partial charge in [0.15, 0.2) is 0 Å². The van der Waals surface area contributed by atoms with Gasteiger partial charge in [-0.3, -0.25) is 0 Å². The maximum atomic E-state index is 14.1. The van der Waals surface area contributed by atoms with Gasteiger partial charge in [-0.05, 0) is 45.5 Å². The van der Waals surface area contributed by atoms with Crippen molar-refractivity contribution in [3.05, 3.63) is 29.6 Å². The molecule has 2 atom stereocenters. The molecule has 1 heterocycles. The second kappa shape index (κ2) is 6.55. The lowest BCUT2D eigenvalue weighted by Crippen LogP contribution is -2.40. The van der Waals surface area contributed by atoms with Crippen molar-refractivity contribution in [2.75, 3.05) is 31.6 Å². The van der Waals surface area contributed by atoms with E-state index in [2.05, 4.69) is 23.8 Å². The van der Waals surface area contributed by atoms with Gasteiger partial charge in [0.25, 0.3) is 0 Å². The first-order valence-corrected chi connectivity index (χ1v) is 7.53. The Labute approximate surface area is 121 Å². The Bertz CT molecular complexity index is 447. The molecule has 20 heavy (non-hydrogen) atoms. The van der Waals surface area contributed by atoms with Crippen LogP contribution in [0, 0.1) is 5.82 Å². The fraction of sp³-hybridized carbons (Fsp3) is 0.625. The predicted molar refractivity (Wildman–Crippen MR) is 82.5 cm³/mol. The molecular weight excluding hydrogens is 253 g/mol. The third kappa shape index (κ3) is 3.13. The van der Waals surface area contributed by atoms with Crippen molar-refractivity contribution < 1.29 is 4.39 Å². The molecular formula is C16H26FN3. The summed E-state index contributed by atoms with van der Waals surface area (Å²) in [7, 11) is 2.16. The quantitative estimate of drug-likeness (QED) is 0.923. The molecule has 0 saturated carbocycles. The summed E-state index contributed by atoms with van der Waals surface area (Å²) < 4.78 is 14.1. The van der Waals surface area contributed by atoms with Gasteiger partial charge < -0.3 is 15.5 Å². The molecule has 1 aliphatic heterocycles. The Morgan fingerprint density at radius 3 is 2.80 bits per heavy atom. The zero-order chi connectivity index (χ0) is 14.7. The Balaban J connectivity index is 2.40. The fourth-order valence-electron chi connectivity index (χ4n) is 3.14. The molecule has 2 rings (SSSR count). The molecule has 0 bridgehead atoms. The van der Waals surface area contributed by atoms with Crippen molar-refractivity contribution in [3.8, 4) is 0 Å². The van der Waals surface area contributed by atoms with Crippen LogP contribution in [0.5, 0.6) is 0 Å². The van der Waals surface area contributed by atoms with Crippen LogP contribution in [0.1, 0.15) is 38.3 Å². The molecule has 1 unspecified atom stereocenters. The minimum atomic E-state index is -0.287. The maximum absolute atomic E-state index is 14.1. The maximum Gasteiger partial charge on any atom is 0.130 e. The molecule has 0 spiro atoms. The summed E-state index contributed by atoms with van der Waals surface area (Å²) in [5.74, 6) is -0.190. The van der Waals surface area contributed by atoms with E-state index < -0.39 is 0 Å². The highest BCUT2D eigenvalue weighted by Gasteiger charge is 2.25. The van der Waals surface area contributed by atoms with Crippen LogP contribution in [0.3, 0.4) is 0 Å². The van der Waals surface area contributed by atoms with E-state index in [0.29, 0.717) is 11.6 Å². The normalized spacial score (nSPS) is 22.6. The Hall–Kier alpha value is -1.13. The van der Waals surface area contributed by atoms with E-state index in [9.17, 15) is 4.39 Å². The van der Waals surface area contributed by atoms with Gasteiger partial charge >= 0.3 is 0 Å². The summed E-state index contributed by atoms with van der Waals surface area (Å²) in [5.41, 5.74) is 7.62. The van der Waals surface area contributed by atoms with Crippen LogP contribution in [-0.2, 0) is 0 Å². The summed E-state index contributed by atoms with van der Waals surface area (Å²) >= 11 is 0. The summed E-state index contributed by atoms with van der Waals surface area (Å²) in [6.07, 6.45) is 2.15. The number of rotatable bonds is 3. The number of benzene rings is 1. The average Bonchev–Trinajstić information content (AvgIpc) is 2.59. The lowest BCUT2D eigenvalue weighted by atomic mass is 10.0. The van der Waals surface area contributed by atoms with Gasteiger partial charge in [0.05, 0.1) is 0 Å². The predicted octanol–water partition coefficient (Wildman–Crippen LogP) is 2.77. The average molecular weight is 279 g/mol. The van der Waals surface area contributed by atoms with Crippen molar-refractivity contribution in [2.45, 2.75) is 38.8 Å². The molecule has 1 fully saturated rings. The number of nitrogens with two attached hydrogens (primary N) is 1. The molecule has 1 aliphatic rings. The number of halogens is 1. The van der Waals surface area contributed by atoms with E-state index in [1.165, 1.54) is 6.07 Å². The highest BCUT2D eigenvalue weighted by atomic mass is 19.1. The SMILES string of the molecule is CCC1CN(C)CCCN1c1cccc(F)c1[C@@H](C)N. The molecule has 0 aliphatic carbocycles. The molecule has 1 saturated heterocycles. The number of likely N-dealkylation sites (N-methyl/N-ethyl adjacent to an activating group) is 1. The second-order valence-electron chi connectivity index (χ2n) is 5.83. The summed E-state index contributed by atoms with van der Waals surface area (Å²) in [6, 6.07) is 5.44. The highest BCUT2D eigenvalue weighted by molar-refractivity contribution is 5.56. The van der Waals surface area contributed by atoms with E-state index in [1.807, 2.05) is 13.0 Å². The lowest BCUT2D eigenvalue weighted by Gasteiger charge is -2.34. The molecule has 0 radical (unpaired) electrons. The zero-order valence-electron chi connectivity index (χ0n) is 12.8. The molecule has 3 nitrogen and oxygen atoms in total. The van der Waals surface area contributed by atoms with Crippen LogP contribution in [0.25, 0.3) is 0 Å². The first-order chi connectivity index (χ1) is 9.54. The van der Waals surface area contributed by atoms with Crippen LogP contribution in [-0.4, -0.2) is 37.6 Å². The lowest BCUT2D eigenvalue weighted by molar-refractivity contribution is 0.328. The first kappa shape index (κ1) is 15.3. The zero-order valence-corrected chi connectivity index (χ0v) is 12.8. The number of hydrogen-bond acceptors (Lipinski definition) is 3. The first-order valence-electron chi connectivity index (χ1n) is 7.53. The number of hydrogen-bond donors (Lipinski definition) is 1. The summed E-state index contributed by atoms with van der Waals surface area (Å²) in [5, 5.41) is 0. The third-order valence-corrected chi connectivity index (χ3v) is 4.17. The minimum Gasteiger partial charge on any atom is -0.367 e. The van der Waals surface area contributed by atoms with Crippen LogP contribution in [0.4, 0.5) is 10.1 Å². The van der Waals surface area contributed by atoms with Gasteiger partial charge in [-0.15, -0.1) is 0 Å². The summed E-state index contributed by atoms with van der Waals surface area (Å²) in [4.78, 5) is 4.71. The van der Waals surface area contributed by atoms with Gasteiger partial charge in [0.1, 0.15) is 5.82 Å². The van der Waals surface area contributed by atoms with Crippen molar-refractivity contribution >= 4 is 5.69 Å². The Morgan fingerprint density at radius 2 is 2.15 bits per heavy atom. The molecule has 2 N–H and O–H groups in total. The Kier molecular flexibility index (Phi) is 5.00. The van der Waals surface area contributed by atoms with E-state index >= 15 is 0 Å². The van der Waals surface area contributed by atoms with Gasteiger partial charge in [-0.1, -0.05) is 13.0 Å². The topological polar surface area (TPSA) is 32.5 Å². The Morgan fingerprint density at radius 1 is 1.40 bits per heavy atom. The monoisotopic (exact) mass is 279 g/mol. The van der Waals surface area contributed by atoms with E-state index in [-0.39, 0.29) is 11.9 Å². The van der Waals surface area contributed by atoms with Crippen LogP contribution < -0.4 is 10.6 Å². The molecule has 112 valence electrons. The van der Waals surface area contributed by atoms with Gasteiger partial charge in [-0.2, -0.15) is 0 Å². The smallest absolute Gasteiger partial charge is 0.130 e. The van der Waals surface area contributed by atoms with E-state index in [1.54, 1.807) is 6.07 Å². The van der Waals surface area contributed by atoms with Crippen LogP contribution in [0.2, 0.25) is 0 Å². The molecule has 1 aromatic carbocycles. The van der Waals surface area contributed by atoms with Crippen molar-refractivity contribution in [1.29, 1.82) is 0 Å². The fourth-order valence-corrected chi connectivity index (χ4v) is 3.14. The van der Waals surface area contributed by atoms with Crippen molar-refractivity contribution in [1.82, 2.24) is 4.90 Å². The van der Waals surface area contributed by atoms with Crippen molar-refractivity contribution in [2.24, 2.45) is 5.73 Å². The molecule has 0 amide bonds. The molecule has 0 aromatic heterocycles. The van der Waals surface area contributed by atoms with Gasteiger partial charge in [0, 0.05) is 36.4 Å². The minimum absolute atomic E-state index is 0.190. The van der Waals surface area contributed by atoms with E-state index in [4.69, 9.17) is 5.73 Å². The van der Waals surface area contributed by atoms with Crippen molar-refractivity contribution in [3.63, 3.8) is 0 Å². The molecule has 1 aromatic rings. The summed E-state index contributed by atoms with van der Waals surface area (Å²) in [6.45, 7) is 7.13. The van der Waals surface area contributed by atoms with E-state index in [0.717, 1.165) is 38.2 Å². The largest absolute Gasteiger partial charge is 0.367 e. The van der Waals surface area contributed by atoms with Crippen LogP contribution in [0.15, 0.2) is 18.2 Å². The number of nitrogens with zero attached hydrogens (tertiary/aromatic N) is 2. The van der Waals surface area contributed by atoms with Gasteiger partial charge in [0.2, 0.25) is 0 Å².